The quantitative estimate of drug-likeness (QED) is 0.293. The SMILES string of the molecule is O=S(=O)(Nc1cccc([C@@H](O)CNCCOc2ccc3c(OC(F)F)n[nH]c3c2)c1)C1CC1. The summed E-state index contributed by atoms with van der Waals surface area (Å²) in [4.78, 5) is 0. The molecule has 0 unspecified atom stereocenters. The number of benzene rings is 2. The van der Waals surface area contributed by atoms with Gasteiger partial charge >= 0.3 is 6.61 Å². The van der Waals surface area contributed by atoms with Gasteiger partial charge in [0.25, 0.3) is 0 Å². The molecule has 1 saturated carbocycles. The first-order chi connectivity index (χ1) is 15.8. The Bertz CT molecular complexity index is 1200. The molecule has 2 aromatic carbocycles. The van der Waals surface area contributed by atoms with Crippen LogP contribution in [-0.2, 0) is 10.0 Å². The molecule has 0 bridgehead atoms. The second kappa shape index (κ2) is 9.89. The fourth-order valence-corrected chi connectivity index (χ4v) is 4.65. The average molecular weight is 483 g/mol. The molecule has 1 fully saturated rings. The number of rotatable bonds is 12. The maximum absolute atomic E-state index is 12.4. The summed E-state index contributed by atoms with van der Waals surface area (Å²) in [6.45, 7) is -1.97. The number of H-pyrrole nitrogens is 1. The fourth-order valence-electron chi connectivity index (χ4n) is 3.27. The predicted octanol–water partition coefficient (Wildman–Crippen LogP) is 2.77. The van der Waals surface area contributed by atoms with Crippen LogP contribution in [0.25, 0.3) is 10.9 Å². The Morgan fingerprint density at radius 3 is 2.79 bits per heavy atom. The van der Waals surface area contributed by atoms with Crippen molar-refractivity contribution in [2.45, 2.75) is 30.8 Å². The molecule has 0 amide bonds. The maximum atomic E-state index is 12.4. The van der Waals surface area contributed by atoms with E-state index in [4.69, 9.17) is 4.74 Å². The highest BCUT2D eigenvalue weighted by Gasteiger charge is 2.35. The van der Waals surface area contributed by atoms with Crippen LogP contribution in [0.2, 0.25) is 0 Å². The molecule has 1 aromatic heterocycles. The monoisotopic (exact) mass is 482 g/mol. The second-order valence-electron chi connectivity index (χ2n) is 7.65. The third-order valence-corrected chi connectivity index (χ3v) is 6.95. The smallest absolute Gasteiger partial charge is 0.388 e. The number of nitrogens with one attached hydrogen (secondary N) is 3. The lowest BCUT2D eigenvalue weighted by Crippen LogP contribution is -2.26. The lowest BCUT2D eigenvalue weighted by atomic mass is 10.1. The zero-order valence-corrected chi connectivity index (χ0v) is 18.3. The van der Waals surface area contributed by atoms with Gasteiger partial charge in [-0.25, -0.2) is 8.42 Å². The minimum absolute atomic E-state index is 0.174. The number of halogens is 2. The summed E-state index contributed by atoms with van der Waals surface area (Å²) in [5, 5.41) is 19.9. The van der Waals surface area contributed by atoms with E-state index in [0.717, 1.165) is 0 Å². The minimum atomic E-state index is -3.36. The minimum Gasteiger partial charge on any atom is -0.492 e. The summed E-state index contributed by atoms with van der Waals surface area (Å²) < 4.78 is 61.4. The number of alkyl halides is 2. The molecule has 4 rings (SSSR count). The number of aliphatic hydroxyl groups excluding tert-OH is 1. The highest BCUT2D eigenvalue weighted by atomic mass is 32.2. The van der Waals surface area contributed by atoms with Crippen molar-refractivity contribution in [3.05, 3.63) is 48.0 Å². The summed E-state index contributed by atoms with van der Waals surface area (Å²) in [6.07, 6.45) is 0.520. The Kier molecular flexibility index (Phi) is 6.96. The molecular weight excluding hydrogens is 458 g/mol. The summed E-state index contributed by atoms with van der Waals surface area (Å²) in [6, 6.07) is 11.5. The molecule has 0 radical (unpaired) electrons. The van der Waals surface area contributed by atoms with E-state index >= 15 is 0 Å². The van der Waals surface area contributed by atoms with Crippen molar-refractivity contribution in [3.8, 4) is 11.6 Å². The molecule has 33 heavy (non-hydrogen) atoms. The van der Waals surface area contributed by atoms with Gasteiger partial charge in [0, 0.05) is 24.8 Å². The molecule has 12 heteroatoms. The largest absolute Gasteiger partial charge is 0.492 e. The number of aliphatic hydroxyl groups is 1. The van der Waals surface area contributed by atoms with Crippen molar-refractivity contribution in [2.24, 2.45) is 0 Å². The first kappa shape index (κ1) is 23.2. The van der Waals surface area contributed by atoms with E-state index in [1.165, 1.54) is 0 Å². The molecule has 1 heterocycles. The van der Waals surface area contributed by atoms with Crippen LogP contribution in [0.3, 0.4) is 0 Å². The standard InChI is InChI=1S/C21H24F2N4O5S/c22-21(23)32-20-17-7-4-15(11-18(17)25-26-20)31-9-8-24-12-19(28)13-2-1-3-14(10-13)27-33(29,30)16-5-6-16/h1-4,7,10-11,16,19,21,24,27-28H,5-6,8-9,12H2,(H,25,26)/t19-/m0/s1. The van der Waals surface area contributed by atoms with E-state index in [1.54, 1.807) is 42.5 Å². The van der Waals surface area contributed by atoms with Gasteiger partial charge in [0.15, 0.2) is 0 Å². The predicted molar refractivity (Wildman–Crippen MR) is 118 cm³/mol. The van der Waals surface area contributed by atoms with Crippen LogP contribution in [0.4, 0.5) is 14.5 Å². The van der Waals surface area contributed by atoms with Crippen LogP contribution >= 0.6 is 0 Å². The third-order valence-electron chi connectivity index (χ3n) is 5.08. The van der Waals surface area contributed by atoms with Crippen molar-refractivity contribution >= 4 is 26.6 Å². The van der Waals surface area contributed by atoms with E-state index in [9.17, 15) is 22.3 Å². The van der Waals surface area contributed by atoms with Crippen molar-refractivity contribution in [1.82, 2.24) is 15.5 Å². The van der Waals surface area contributed by atoms with Crippen molar-refractivity contribution in [1.29, 1.82) is 0 Å². The second-order valence-corrected chi connectivity index (χ2v) is 9.62. The highest BCUT2D eigenvalue weighted by Crippen LogP contribution is 2.30. The number of anilines is 1. The van der Waals surface area contributed by atoms with Crippen LogP contribution in [0, 0.1) is 0 Å². The van der Waals surface area contributed by atoms with Crippen molar-refractivity contribution in [3.63, 3.8) is 0 Å². The van der Waals surface area contributed by atoms with Crippen molar-refractivity contribution < 1.29 is 31.8 Å². The van der Waals surface area contributed by atoms with Crippen molar-refractivity contribution in [2.75, 3.05) is 24.4 Å². The van der Waals surface area contributed by atoms with E-state index < -0.39 is 22.7 Å². The molecule has 0 spiro atoms. The van der Waals surface area contributed by atoms with E-state index in [1.807, 2.05) is 0 Å². The Labute approximate surface area is 189 Å². The Morgan fingerprint density at radius 2 is 2.03 bits per heavy atom. The number of hydrogen-bond acceptors (Lipinski definition) is 7. The number of aromatic nitrogens is 2. The van der Waals surface area contributed by atoms with E-state index in [0.29, 0.717) is 53.9 Å². The summed E-state index contributed by atoms with van der Waals surface area (Å²) >= 11 is 0. The molecule has 1 aliphatic rings. The Balaban J connectivity index is 1.22. The Hall–Kier alpha value is -2.96. The Morgan fingerprint density at radius 1 is 1.21 bits per heavy atom. The normalized spacial score (nSPS) is 15.0. The van der Waals surface area contributed by atoms with Gasteiger partial charge in [-0.3, -0.25) is 9.82 Å². The molecule has 1 aliphatic carbocycles. The number of nitrogens with zero attached hydrogens (tertiary/aromatic N) is 1. The first-order valence-electron chi connectivity index (χ1n) is 10.4. The molecule has 3 aromatic rings. The van der Waals surface area contributed by atoms with Gasteiger partial charge in [0.1, 0.15) is 12.4 Å². The molecule has 1 atom stereocenters. The molecule has 4 N–H and O–H groups in total. The lowest BCUT2D eigenvalue weighted by Gasteiger charge is -2.14. The molecule has 178 valence electrons. The lowest BCUT2D eigenvalue weighted by molar-refractivity contribution is -0.0518. The zero-order chi connectivity index (χ0) is 23.4. The number of hydrogen-bond donors (Lipinski definition) is 4. The summed E-state index contributed by atoms with van der Waals surface area (Å²) in [5.74, 6) is 0.347. The third kappa shape index (κ3) is 6.09. The summed E-state index contributed by atoms with van der Waals surface area (Å²) in [5.41, 5.74) is 1.52. The number of fused-ring (bicyclic) bond motifs is 1. The average Bonchev–Trinajstić information content (AvgIpc) is 3.57. The molecular formula is C21H24F2N4O5S. The van der Waals surface area contributed by atoms with E-state index in [2.05, 4.69) is 25.0 Å². The van der Waals surface area contributed by atoms with Gasteiger partial charge in [-0.1, -0.05) is 12.1 Å². The van der Waals surface area contributed by atoms with Gasteiger partial charge in [-0.05, 0) is 42.7 Å². The molecule has 0 saturated heterocycles. The van der Waals surface area contributed by atoms with Crippen LogP contribution in [0.1, 0.15) is 24.5 Å². The van der Waals surface area contributed by atoms with Gasteiger partial charge in [0.05, 0.1) is 22.3 Å². The van der Waals surface area contributed by atoms with Crippen LogP contribution in [0.5, 0.6) is 11.6 Å². The zero-order valence-electron chi connectivity index (χ0n) is 17.5. The van der Waals surface area contributed by atoms with Gasteiger partial charge < -0.3 is 19.9 Å². The van der Waals surface area contributed by atoms with Gasteiger partial charge in [0.2, 0.25) is 15.9 Å². The number of ether oxygens (including phenoxy) is 2. The van der Waals surface area contributed by atoms with Gasteiger partial charge in [-0.15, -0.1) is 5.10 Å². The molecule has 9 nitrogen and oxygen atoms in total. The highest BCUT2D eigenvalue weighted by molar-refractivity contribution is 7.93. The van der Waals surface area contributed by atoms with Crippen LogP contribution in [-0.4, -0.2) is 55.3 Å². The number of sulfonamides is 1. The molecule has 0 aliphatic heterocycles. The van der Waals surface area contributed by atoms with E-state index in [-0.39, 0.29) is 17.7 Å². The maximum Gasteiger partial charge on any atom is 0.388 e. The number of aromatic amines is 1. The van der Waals surface area contributed by atoms with Gasteiger partial charge in [-0.2, -0.15) is 8.78 Å². The first-order valence-corrected chi connectivity index (χ1v) is 11.9. The summed E-state index contributed by atoms with van der Waals surface area (Å²) in [7, 11) is -3.36. The van der Waals surface area contributed by atoms with Crippen LogP contribution < -0.4 is 19.5 Å². The fraction of sp³-hybridized carbons (Fsp3) is 0.381. The van der Waals surface area contributed by atoms with Crippen LogP contribution in [0.15, 0.2) is 42.5 Å². The topological polar surface area (TPSA) is 126 Å².